The van der Waals surface area contributed by atoms with Gasteiger partial charge in [0.05, 0.1) is 0 Å². The lowest BCUT2D eigenvalue weighted by Gasteiger charge is -2.26. The van der Waals surface area contributed by atoms with Crippen LogP contribution in [-0.2, 0) is 0 Å². The fourth-order valence-electron chi connectivity index (χ4n) is 2.11. The van der Waals surface area contributed by atoms with Crippen molar-refractivity contribution >= 4 is 11.9 Å². The Balaban J connectivity index is 1.97. The molecule has 0 radical (unpaired) electrons. The molecule has 1 saturated heterocycles. The fraction of sp³-hybridized carbons (Fsp3) is 0.545. The summed E-state index contributed by atoms with van der Waals surface area (Å²) >= 11 is 0. The minimum Gasteiger partial charge on any atom is -0.357 e. The molecule has 1 fully saturated rings. The first-order chi connectivity index (χ1) is 9.36. The van der Waals surface area contributed by atoms with Gasteiger partial charge in [-0.25, -0.2) is 4.98 Å². The molecule has 0 unspecified atom stereocenters. The average molecular weight is 260 g/mol. The van der Waals surface area contributed by atoms with Crippen LogP contribution in [-0.4, -0.2) is 49.9 Å². The zero-order chi connectivity index (χ0) is 13.1. The van der Waals surface area contributed by atoms with Crippen LogP contribution in [0.2, 0.25) is 0 Å². The third-order valence-electron chi connectivity index (χ3n) is 3.10. The van der Waals surface area contributed by atoms with Gasteiger partial charge in [-0.1, -0.05) is 0 Å². The highest BCUT2D eigenvalue weighted by Crippen LogP contribution is 2.17. The zero-order valence-corrected chi connectivity index (χ0v) is 10.8. The Morgan fingerprint density at radius 1 is 1.05 bits per heavy atom. The Morgan fingerprint density at radius 2 is 1.84 bits per heavy atom. The van der Waals surface area contributed by atoms with Gasteiger partial charge in [-0.15, -0.1) is 0 Å². The first-order valence-electron chi connectivity index (χ1n) is 6.40. The zero-order valence-electron chi connectivity index (χ0n) is 10.8. The van der Waals surface area contributed by atoms with E-state index in [1.165, 1.54) is 30.3 Å². The van der Waals surface area contributed by atoms with Crippen LogP contribution in [0, 0.1) is 0 Å². The lowest BCUT2D eigenvalue weighted by atomic mass is 10.1. The third kappa shape index (κ3) is 2.47. The largest absolute Gasteiger partial charge is 0.357 e. The molecule has 2 aromatic rings. The maximum atomic E-state index is 4.47. The van der Waals surface area contributed by atoms with Crippen LogP contribution < -0.4 is 10.2 Å². The van der Waals surface area contributed by atoms with Gasteiger partial charge in [0, 0.05) is 20.1 Å². The summed E-state index contributed by atoms with van der Waals surface area (Å²) in [5, 5.41) is 7.01. The maximum Gasteiger partial charge on any atom is 0.258 e. The molecule has 0 aromatic carbocycles. The van der Waals surface area contributed by atoms with E-state index in [0.29, 0.717) is 17.8 Å². The van der Waals surface area contributed by atoms with E-state index in [-0.39, 0.29) is 0 Å². The second-order valence-electron chi connectivity index (χ2n) is 4.40. The lowest BCUT2D eigenvalue weighted by molar-refractivity contribution is 0.566. The fourth-order valence-corrected chi connectivity index (χ4v) is 2.11. The van der Waals surface area contributed by atoms with Crippen molar-refractivity contribution in [2.24, 2.45) is 0 Å². The number of aromatic nitrogens is 6. The van der Waals surface area contributed by atoms with E-state index in [1.54, 1.807) is 13.4 Å². The predicted molar refractivity (Wildman–Crippen MR) is 70.4 cm³/mol. The molecule has 0 saturated carbocycles. The number of piperidine rings is 1. The van der Waals surface area contributed by atoms with E-state index in [1.807, 2.05) is 0 Å². The number of anilines is 2. The smallest absolute Gasteiger partial charge is 0.258 e. The number of nitrogens with one attached hydrogen (secondary N) is 1. The molecule has 1 N–H and O–H groups in total. The van der Waals surface area contributed by atoms with Crippen molar-refractivity contribution in [3.63, 3.8) is 0 Å². The SMILES string of the molecule is CNc1nc(N2CCCCC2)nc(-n2cncn2)n1. The molecule has 8 heteroatoms. The molecule has 0 spiro atoms. The Labute approximate surface area is 110 Å². The van der Waals surface area contributed by atoms with Crippen LogP contribution in [0.1, 0.15) is 19.3 Å². The molecule has 19 heavy (non-hydrogen) atoms. The number of hydrogen-bond acceptors (Lipinski definition) is 7. The second-order valence-corrected chi connectivity index (χ2v) is 4.40. The Morgan fingerprint density at radius 3 is 2.53 bits per heavy atom. The molecule has 3 rings (SSSR count). The first kappa shape index (κ1) is 11.8. The summed E-state index contributed by atoms with van der Waals surface area (Å²) in [5.41, 5.74) is 0. The summed E-state index contributed by atoms with van der Waals surface area (Å²) in [5.74, 6) is 1.73. The predicted octanol–water partition coefficient (Wildman–Crippen LogP) is 0.484. The minimum atomic E-state index is 0.484. The molecule has 2 aromatic heterocycles. The van der Waals surface area contributed by atoms with Crippen molar-refractivity contribution in [1.82, 2.24) is 29.7 Å². The highest BCUT2D eigenvalue weighted by Gasteiger charge is 2.16. The highest BCUT2D eigenvalue weighted by molar-refractivity contribution is 5.39. The summed E-state index contributed by atoms with van der Waals surface area (Å²) in [6.45, 7) is 1.98. The van der Waals surface area contributed by atoms with Crippen molar-refractivity contribution in [2.45, 2.75) is 19.3 Å². The van der Waals surface area contributed by atoms with Crippen molar-refractivity contribution in [1.29, 1.82) is 0 Å². The standard InChI is InChI=1S/C11H16N8/c1-12-9-15-10(18-5-3-2-4-6-18)17-11(16-9)19-8-13-7-14-19/h7-8H,2-6H2,1H3,(H,12,15,16,17). The Hall–Kier alpha value is -2.25. The lowest BCUT2D eigenvalue weighted by Crippen LogP contribution is -2.31. The molecule has 0 aliphatic carbocycles. The van der Waals surface area contributed by atoms with E-state index in [9.17, 15) is 0 Å². The Bertz CT molecular complexity index is 532. The van der Waals surface area contributed by atoms with Crippen molar-refractivity contribution in [2.75, 3.05) is 30.4 Å². The van der Waals surface area contributed by atoms with Crippen LogP contribution in [0.3, 0.4) is 0 Å². The van der Waals surface area contributed by atoms with Gasteiger partial charge < -0.3 is 10.2 Å². The number of rotatable bonds is 3. The van der Waals surface area contributed by atoms with Gasteiger partial charge in [0.25, 0.3) is 5.95 Å². The number of nitrogens with zero attached hydrogens (tertiary/aromatic N) is 7. The Kier molecular flexibility index (Phi) is 3.21. The van der Waals surface area contributed by atoms with E-state index in [2.05, 4.69) is 35.3 Å². The summed E-state index contributed by atoms with van der Waals surface area (Å²) in [7, 11) is 1.79. The molecule has 8 nitrogen and oxygen atoms in total. The first-order valence-corrected chi connectivity index (χ1v) is 6.40. The minimum absolute atomic E-state index is 0.484. The summed E-state index contributed by atoms with van der Waals surface area (Å²) in [6.07, 6.45) is 6.67. The molecule has 0 amide bonds. The van der Waals surface area contributed by atoms with Crippen molar-refractivity contribution in [3.8, 4) is 5.95 Å². The van der Waals surface area contributed by atoms with Crippen LogP contribution >= 0.6 is 0 Å². The van der Waals surface area contributed by atoms with Crippen LogP contribution in [0.4, 0.5) is 11.9 Å². The molecular formula is C11H16N8. The topological polar surface area (TPSA) is 84.7 Å². The molecule has 1 aliphatic rings. The van der Waals surface area contributed by atoms with Gasteiger partial charge in [-0.2, -0.15) is 24.7 Å². The van der Waals surface area contributed by atoms with Gasteiger partial charge in [-0.05, 0) is 19.3 Å². The summed E-state index contributed by atoms with van der Waals surface area (Å²) in [4.78, 5) is 19.3. The van der Waals surface area contributed by atoms with Crippen molar-refractivity contribution < 1.29 is 0 Å². The normalized spacial score (nSPS) is 15.5. The van der Waals surface area contributed by atoms with E-state index >= 15 is 0 Å². The third-order valence-corrected chi connectivity index (χ3v) is 3.10. The highest BCUT2D eigenvalue weighted by atomic mass is 15.4. The second kappa shape index (κ2) is 5.17. The quantitative estimate of drug-likeness (QED) is 0.859. The van der Waals surface area contributed by atoms with Crippen LogP contribution in [0.5, 0.6) is 0 Å². The van der Waals surface area contributed by atoms with Gasteiger partial charge in [-0.3, -0.25) is 0 Å². The molecular weight excluding hydrogens is 244 g/mol. The van der Waals surface area contributed by atoms with Gasteiger partial charge in [0.15, 0.2) is 0 Å². The van der Waals surface area contributed by atoms with Gasteiger partial charge in [0.1, 0.15) is 12.7 Å². The monoisotopic (exact) mass is 260 g/mol. The van der Waals surface area contributed by atoms with E-state index in [4.69, 9.17) is 0 Å². The van der Waals surface area contributed by atoms with Crippen LogP contribution in [0.15, 0.2) is 12.7 Å². The van der Waals surface area contributed by atoms with Crippen LogP contribution in [0.25, 0.3) is 5.95 Å². The van der Waals surface area contributed by atoms with Gasteiger partial charge >= 0.3 is 0 Å². The van der Waals surface area contributed by atoms with Crippen molar-refractivity contribution in [3.05, 3.63) is 12.7 Å². The number of hydrogen-bond donors (Lipinski definition) is 1. The maximum absolute atomic E-state index is 4.47. The van der Waals surface area contributed by atoms with E-state index in [0.717, 1.165) is 13.1 Å². The molecule has 0 bridgehead atoms. The summed E-state index contributed by atoms with van der Waals surface area (Å²) < 4.78 is 1.54. The molecule has 0 atom stereocenters. The molecule has 3 heterocycles. The molecule has 100 valence electrons. The van der Waals surface area contributed by atoms with Gasteiger partial charge in [0.2, 0.25) is 11.9 Å². The summed E-state index contributed by atoms with van der Waals surface area (Å²) in [6, 6.07) is 0. The molecule has 1 aliphatic heterocycles. The van der Waals surface area contributed by atoms with E-state index < -0.39 is 0 Å². The average Bonchev–Trinajstić information content (AvgIpc) is 3.02.